The molecule has 0 spiro atoms. The third kappa shape index (κ3) is 2.12. The van der Waals surface area contributed by atoms with Crippen LogP contribution in [0.5, 0.6) is 11.5 Å². The number of methoxy groups -OCH3 is 1. The van der Waals surface area contributed by atoms with Crippen LogP contribution in [-0.2, 0) is 6.42 Å². The number of phenols is 1. The van der Waals surface area contributed by atoms with Crippen LogP contribution >= 0.6 is 0 Å². The van der Waals surface area contributed by atoms with Gasteiger partial charge in [-0.25, -0.2) is 0 Å². The lowest BCUT2D eigenvalue weighted by Crippen LogP contribution is -2.44. The first kappa shape index (κ1) is 16.2. The molecule has 0 amide bonds. The molecule has 3 aliphatic rings. The molecule has 0 aromatic heterocycles. The molecule has 3 aliphatic carbocycles. The van der Waals surface area contributed by atoms with Crippen molar-refractivity contribution in [2.45, 2.75) is 51.0 Å². The molecule has 132 valence electrons. The fourth-order valence-corrected chi connectivity index (χ4v) is 6.08. The quantitative estimate of drug-likeness (QED) is 0.779. The maximum absolute atomic E-state index is 10.7. The molecule has 3 N–H and O–H groups in total. The Kier molecular flexibility index (Phi) is 3.81. The average molecular weight is 332 g/mol. The van der Waals surface area contributed by atoms with Crippen molar-refractivity contribution in [3.8, 4) is 11.5 Å². The summed E-state index contributed by atoms with van der Waals surface area (Å²) in [4.78, 5) is 0. The molecule has 4 rings (SSSR count). The summed E-state index contributed by atoms with van der Waals surface area (Å²) < 4.78 is 5.33. The summed E-state index contributed by atoms with van der Waals surface area (Å²) >= 11 is 0. The highest BCUT2D eigenvalue weighted by Gasteiger charge is 2.57. The predicted octanol–water partition coefficient (Wildman–Crippen LogP) is 2.84. The van der Waals surface area contributed by atoms with Gasteiger partial charge in [0.1, 0.15) is 0 Å². The minimum absolute atomic E-state index is 0.0227. The van der Waals surface area contributed by atoms with Crippen LogP contribution in [0, 0.1) is 23.2 Å². The molecule has 6 atom stereocenters. The molecule has 0 aliphatic heterocycles. The van der Waals surface area contributed by atoms with E-state index in [1.54, 1.807) is 7.11 Å². The fraction of sp³-hybridized carbons (Fsp3) is 0.700. The molecule has 4 nitrogen and oxygen atoms in total. The van der Waals surface area contributed by atoms with Crippen molar-refractivity contribution >= 4 is 0 Å². The number of aromatic hydroxyl groups is 1. The van der Waals surface area contributed by atoms with E-state index in [2.05, 4.69) is 6.92 Å². The van der Waals surface area contributed by atoms with Gasteiger partial charge in [0, 0.05) is 12.5 Å². The number of aryl methyl sites for hydroxylation is 1. The molecular formula is C20H28O4. The van der Waals surface area contributed by atoms with E-state index in [-0.39, 0.29) is 29.8 Å². The lowest BCUT2D eigenvalue weighted by molar-refractivity contribution is -0.0379. The van der Waals surface area contributed by atoms with Crippen LogP contribution in [0.15, 0.2) is 12.1 Å². The van der Waals surface area contributed by atoms with Gasteiger partial charge in [-0.15, -0.1) is 0 Å². The number of benzene rings is 1. The first-order chi connectivity index (χ1) is 11.5. The maximum atomic E-state index is 10.7. The molecule has 4 heteroatoms. The third-order valence-electron chi connectivity index (χ3n) is 7.38. The molecule has 4 unspecified atom stereocenters. The summed E-state index contributed by atoms with van der Waals surface area (Å²) in [6.45, 7) is 2.31. The Bertz CT molecular complexity index is 643. The minimum atomic E-state index is -0.385. The molecule has 24 heavy (non-hydrogen) atoms. The van der Waals surface area contributed by atoms with Crippen molar-refractivity contribution in [1.29, 1.82) is 0 Å². The van der Waals surface area contributed by atoms with Crippen LogP contribution in [0.2, 0.25) is 0 Å². The predicted molar refractivity (Wildman–Crippen MR) is 91.2 cm³/mol. The molecule has 0 radical (unpaired) electrons. The number of phenolic OH excluding ortho intramolecular Hbond substituents is 1. The van der Waals surface area contributed by atoms with E-state index >= 15 is 0 Å². The van der Waals surface area contributed by atoms with E-state index < -0.39 is 0 Å². The number of hydrogen-bond donors (Lipinski definition) is 3. The normalized spacial score (nSPS) is 40.6. The Morgan fingerprint density at radius 3 is 2.79 bits per heavy atom. The molecular weight excluding hydrogens is 304 g/mol. The number of hydrogen-bond acceptors (Lipinski definition) is 4. The van der Waals surface area contributed by atoms with Gasteiger partial charge in [-0.1, -0.05) is 6.92 Å². The summed E-state index contributed by atoms with van der Waals surface area (Å²) in [6, 6.07) is 3.90. The third-order valence-corrected chi connectivity index (χ3v) is 7.38. The molecule has 0 heterocycles. The van der Waals surface area contributed by atoms with Crippen LogP contribution < -0.4 is 4.74 Å². The number of aliphatic hydroxyl groups excluding tert-OH is 2. The molecule has 0 saturated heterocycles. The van der Waals surface area contributed by atoms with E-state index in [0.717, 1.165) is 32.1 Å². The zero-order valence-corrected chi connectivity index (χ0v) is 14.5. The second kappa shape index (κ2) is 5.63. The van der Waals surface area contributed by atoms with Gasteiger partial charge in [0.25, 0.3) is 0 Å². The maximum Gasteiger partial charge on any atom is 0.160 e. The van der Waals surface area contributed by atoms with Crippen molar-refractivity contribution in [2.24, 2.45) is 23.2 Å². The standard InChI is InChI=1S/C20H28O4/c1-20-6-5-13-14(16(20)7-12(10-21)19(20)23)4-3-11-8-17(22)18(24-2)9-15(11)13/h8-9,12-14,16,19,21-23H,3-7,10H2,1-2H3/t12?,13?,14?,16?,19-,20-/m0/s1. The summed E-state index contributed by atoms with van der Waals surface area (Å²) in [7, 11) is 1.60. The summed E-state index contributed by atoms with van der Waals surface area (Å²) in [5.41, 5.74) is 2.51. The molecule has 1 aromatic carbocycles. The second-order valence-corrected chi connectivity index (χ2v) is 8.31. The van der Waals surface area contributed by atoms with Gasteiger partial charge in [0.05, 0.1) is 13.2 Å². The number of rotatable bonds is 2. The smallest absolute Gasteiger partial charge is 0.160 e. The molecule has 2 fully saturated rings. The summed E-state index contributed by atoms with van der Waals surface area (Å²) in [5.74, 6) is 2.31. The molecule has 2 saturated carbocycles. The zero-order valence-electron chi connectivity index (χ0n) is 14.5. The first-order valence-corrected chi connectivity index (χ1v) is 9.18. The number of fused-ring (bicyclic) bond motifs is 5. The van der Waals surface area contributed by atoms with Gasteiger partial charge in [0.2, 0.25) is 0 Å². The van der Waals surface area contributed by atoms with Gasteiger partial charge in [0.15, 0.2) is 11.5 Å². The average Bonchev–Trinajstić information content (AvgIpc) is 2.85. The first-order valence-electron chi connectivity index (χ1n) is 9.18. The van der Waals surface area contributed by atoms with Crippen molar-refractivity contribution in [3.63, 3.8) is 0 Å². The SMILES string of the molecule is COc1cc2c(cc1O)CCC1C2CC[C@@]2(C)C1CC(CO)[C@@H]2O. The van der Waals surface area contributed by atoms with E-state index in [9.17, 15) is 15.3 Å². The summed E-state index contributed by atoms with van der Waals surface area (Å²) in [6.07, 6.45) is 4.69. The lowest BCUT2D eigenvalue weighted by atomic mass is 9.55. The van der Waals surface area contributed by atoms with Crippen LogP contribution in [0.3, 0.4) is 0 Å². The Balaban J connectivity index is 1.70. The minimum Gasteiger partial charge on any atom is -0.504 e. The van der Waals surface area contributed by atoms with E-state index in [1.807, 2.05) is 12.1 Å². The molecule has 1 aromatic rings. The van der Waals surface area contributed by atoms with Crippen molar-refractivity contribution in [2.75, 3.05) is 13.7 Å². The Morgan fingerprint density at radius 2 is 2.08 bits per heavy atom. The highest BCUT2D eigenvalue weighted by Crippen LogP contribution is 2.62. The zero-order chi connectivity index (χ0) is 17.1. The fourth-order valence-electron chi connectivity index (χ4n) is 6.08. The van der Waals surface area contributed by atoms with E-state index in [0.29, 0.717) is 23.5 Å². The summed E-state index contributed by atoms with van der Waals surface area (Å²) in [5, 5.41) is 30.4. The monoisotopic (exact) mass is 332 g/mol. The lowest BCUT2D eigenvalue weighted by Gasteiger charge is -2.50. The highest BCUT2D eigenvalue weighted by atomic mass is 16.5. The molecule has 0 bridgehead atoms. The van der Waals surface area contributed by atoms with Crippen molar-refractivity contribution in [1.82, 2.24) is 0 Å². The van der Waals surface area contributed by atoms with Crippen LogP contribution in [-0.4, -0.2) is 35.1 Å². The van der Waals surface area contributed by atoms with Gasteiger partial charge < -0.3 is 20.1 Å². The Morgan fingerprint density at radius 1 is 1.29 bits per heavy atom. The Labute approximate surface area is 143 Å². The topological polar surface area (TPSA) is 69.9 Å². The van der Waals surface area contributed by atoms with Crippen LogP contribution in [0.1, 0.15) is 49.7 Å². The van der Waals surface area contributed by atoms with Gasteiger partial charge in [-0.3, -0.25) is 0 Å². The largest absolute Gasteiger partial charge is 0.504 e. The van der Waals surface area contributed by atoms with Gasteiger partial charge in [-0.2, -0.15) is 0 Å². The van der Waals surface area contributed by atoms with Crippen LogP contribution in [0.4, 0.5) is 0 Å². The second-order valence-electron chi connectivity index (χ2n) is 8.31. The number of aliphatic hydroxyl groups is 2. The Hall–Kier alpha value is -1.26. The van der Waals surface area contributed by atoms with Gasteiger partial charge in [-0.05, 0) is 78.5 Å². The van der Waals surface area contributed by atoms with Crippen molar-refractivity contribution < 1.29 is 20.1 Å². The highest BCUT2D eigenvalue weighted by molar-refractivity contribution is 5.49. The van der Waals surface area contributed by atoms with Crippen molar-refractivity contribution in [3.05, 3.63) is 23.3 Å². The van der Waals surface area contributed by atoms with Crippen LogP contribution in [0.25, 0.3) is 0 Å². The van der Waals surface area contributed by atoms with E-state index in [1.165, 1.54) is 11.1 Å². The number of ether oxygens (including phenoxy) is 1. The van der Waals surface area contributed by atoms with Gasteiger partial charge >= 0.3 is 0 Å². The van der Waals surface area contributed by atoms with E-state index in [4.69, 9.17) is 4.74 Å².